The molecule has 0 radical (unpaired) electrons. The van der Waals surface area contributed by atoms with Gasteiger partial charge in [-0.3, -0.25) is 4.90 Å². The highest BCUT2D eigenvalue weighted by Gasteiger charge is 2.36. The van der Waals surface area contributed by atoms with Crippen LogP contribution in [0.4, 0.5) is 8.78 Å². The highest BCUT2D eigenvalue weighted by molar-refractivity contribution is 5.23. The van der Waals surface area contributed by atoms with Crippen LogP contribution in [0.15, 0.2) is 18.2 Å². The normalized spacial score (nSPS) is 27.6. The van der Waals surface area contributed by atoms with Crippen LogP contribution in [0.25, 0.3) is 0 Å². The number of likely N-dealkylation sites (N-methyl/N-ethyl adjacent to an activating group) is 1. The summed E-state index contributed by atoms with van der Waals surface area (Å²) >= 11 is 0. The number of piperidine rings is 1. The number of likely N-dealkylation sites (tertiary alicyclic amines) is 1. The first-order valence-electron chi connectivity index (χ1n) is 8.06. The molecule has 1 saturated heterocycles. The SMILES string of the molecule is CNC(CN1CCCC2CCCC21)c1cccc(F)c1F. The molecule has 0 bridgehead atoms. The Morgan fingerprint density at radius 2 is 2.05 bits per heavy atom. The Bertz CT molecular complexity index is 492. The number of rotatable bonds is 4. The summed E-state index contributed by atoms with van der Waals surface area (Å²) in [5.74, 6) is -0.657. The summed E-state index contributed by atoms with van der Waals surface area (Å²) in [6.07, 6.45) is 6.46. The molecule has 1 aliphatic carbocycles. The number of halogens is 2. The largest absolute Gasteiger partial charge is 0.312 e. The lowest BCUT2D eigenvalue weighted by atomic mass is 9.91. The number of fused-ring (bicyclic) bond motifs is 1. The lowest BCUT2D eigenvalue weighted by Gasteiger charge is -2.39. The first-order valence-corrected chi connectivity index (χ1v) is 8.06. The van der Waals surface area contributed by atoms with E-state index in [0.717, 1.165) is 19.0 Å². The second-order valence-electron chi connectivity index (χ2n) is 6.38. The van der Waals surface area contributed by atoms with E-state index in [9.17, 15) is 8.78 Å². The van der Waals surface area contributed by atoms with Crippen LogP contribution in [0.1, 0.15) is 43.7 Å². The summed E-state index contributed by atoms with van der Waals surface area (Å²) in [4.78, 5) is 2.49. The van der Waals surface area contributed by atoms with E-state index in [2.05, 4.69) is 10.2 Å². The molecule has 0 spiro atoms. The minimum Gasteiger partial charge on any atom is -0.312 e. The highest BCUT2D eigenvalue weighted by Crippen LogP contribution is 2.37. The highest BCUT2D eigenvalue weighted by atomic mass is 19.2. The maximum absolute atomic E-state index is 14.0. The molecule has 0 amide bonds. The molecule has 2 aliphatic rings. The fourth-order valence-corrected chi connectivity index (χ4v) is 4.15. The Morgan fingerprint density at radius 3 is 2.86 bits per heavy atom. The lowest BCUT2D eigenvalue weighted by Crippen LogP contribution is -2.46. The molecule has 3 unspecified atom stereocenters. The molecular weight excluding hydrogens is 270 g/mol. The van der Waals surface area contributed by atoms with Crippen molar-refractivity contribution in [1.82, 2.24) is 10.2 Å². The van der Waals surface area contributed by atoms with Gasteiger partial charge in [0, 0.05) is 24.2 Å². The van der Waals surface area contributed by atoms with Gasteiger partial charge in [0.25, 0.3) is 0 Å². The van der Waals surface area contributed by atoms with E-state index in [0.29, 0.717) is 11.6 Å². The molecule has 2 nitrogen and oxygen atoms in total. The summed E-state index contributed by atoms with van der Waals surface area (Å²) in [6, 6.07) is 4.95. The number of hydrogen-bond donors (Lipinski definition) is 1. The molecular formula is C17H24F2N2. The van der Waals surface area contributed by atoms with Gasteiger partial charge in [0.1, 0.15) is 0 Å². The molecule has 1 saturated carbocycles. The van der Waals surface area contributed by atoms with Crippen molar-refractivity contribution in [1.29, 1.82) is 0 Å². The molecule has 3 atom stereocenters. The van der Waals surface area contributed by atoms with Gasteiger partial charge in [0.2, 0.25) is 0 Å². The topological polar surface area (TPSA) is 15.3 Å². The summed E-state index contributed by atoms with van der Waals surface area (Å²) in [5.41, 5.74) is 0.442. The Kier molecular flexibility index (Phi) is 4.55. The Hall–Kier alpha value is -1.00. The van der Waals surface area contributed by atoms with Gasteiger partial charge in [0.05, 0.1) is 0 Å². The van der Waals surface area contributed by atoms with Crippen LogP contribution in [0.5, 0.6) is 0 Å². The fourth-order valence-electron chi connectivity index (χ4n) is 4.15. The van der Waals surface area contributed by atoms with E-state index >= 15 is 0 Å². The summed E-state index contributed by atoms with van der Waals surface area (Å²) in [5, 5.41) is 3.17. The molecule has 1 aliphatic heterocycles. The minimum atomic E-state index is -0.759. The van der Waals surface area contributed by atoms with Crippen LogP contribution >= 0.6 is 0 Å². The molecule has 3 rings (SSSR count). The van der Waals surface area contributed by atoms with Crippen LogP contribution in [0.3, 0.4) is 0 Å². The van der Waals surface area contributed by atoms with E-state index in [-0.39, 0.29) is 6.04 Å². The molecule has 0 aromatic heterocycles. The zero-order chi connectivity index (χ0) is 14.8. The van der Waals surface area contributed by atoms with Crippen molar-refractivity contribution < 1.29 is 8.78 Å². The van der Waals surface area contributed by atoms with E-state index < -0.39 is 11.6 Å². The zero-order valence-electron chi connectivity index (χ0n) is 12.6. The summed E-state index contributed by atoms with van der Waals surface area (Å²) in [7, 11) is 1.82. The van der Waals surface area contributed by atoms with Crippen LogP contribution < -0.4 is 5.32 Å². The third-order valence-electron chi connectivity index (χ3n) is 5.23. The molecule has 116 valence electrons. The third-order valence-corrected chi connectivity index (χ3v) is 5.23. The monoisotopic (exact) mass is 294 g/mol. The smallest absolute Gasteiger partial charge is 0.163 e. The van der Waals surface area contributed by atoms with Crippen LogP contribution in [0, 0.1) is 17.6 Å². The van der Waals surface area contributed by atoms with Gasteiger partial charge < -0.3 is 5.32 Å². The van der Waals surface area contributed by atoms with Gasteiger partial charge >= 0.3 is 0 Å². The zero-order valence-corrected chi connectivity index (χ0v) is 12.6. The second kappa shape index (κ2) is 6.41. The minimum absolute atomic E-state index is 0.153. The van der Waals surface area contributed by atoms with Crippen molar-refractivity contribution in [3.05, 3.63) is 35.4 Å². The average molecular weight is 294 g/mol. The number of benzene rings is 1. The van der Waals surface area contributed by atoms with Crippen molar-refractivity contribution in [3.8, 4) is 0 Å². The van der Waals surface area contributed by atoms with Crippen LogP contribution in [-0.2, 0) is 0 Å². The van der Waals surface area contributed by atoms with Gasteiger partial charge in [0.15, 0.2) is 11.6 Å². The lowest BCUT2D eigenvalue weighted by molar-refractivity contribution is 0.102. The van der Waals surface area contributed by atoms with Crippen LogP contribution in [-0.4, -0.2) is 31.1 Å². The first kappa shape index (κ1) is 14.9. The predicted octanol–water partition coefficient (Wildman–Crippen LogP) is 3.49. The molecule has 1 heterocycles. The Labute approximate surface area is 125 Å². The number of nitrogens with one attached hydrogen (secondary N) is 1. The van der Waals surface area contributed by atoms with E-state index in [1.165, 1.54) is 38.2 Å². The van der Waals surface area contributed by atoms with E-state index in [1.54, 1.807) is 12.1 Å². The Morgan fingerprint density at radius 1 is 1.24 bits per heavy atom. The van der Waals surface area contributed by atoms with Crippen molar-refractivity contribution in [3.63, 3.8) is 0 Å². The van der Waals surface area contributed by atoms with Crippen LogP contribution in [0.2, 0.25) is 0 Å². The average Bonchev–Trinajstić information content (AvgIpc) is 2.97. The third kappa shape index (κ3) is 2.97. The fraction of sp³-hybridized carbons (Fsp3) is 0.647. The Balaban J connectivity index is 1.76. The van der Waals surface area contributed by atoms with Gasteiger partial charge in [-0.1, -0.05) is 18.6 Å². The standard InChI is InChI=1S/C17H24F2N2/c1-20-15(13-7-3-8-14(18)17(13)19)11-21-10-4-6-12-5-2-9-16(12)21/h3,7-8,12,15-16,20H,2,4-6,9-11H2,1H3. The maximum atomic E-state index is 14.0. The molecule has 1 N–H and O–H groups in total. The van der Waals surface area contributed by atoms with Gasteiger partial charge in [-0.15, -0.1) is 0 Å². The van der Waals surface area contributed by atoms with E-state index in [1.807, 2.05) is 7.05 Å². The van der Waals surface area contributed by atoms with Gasteiger partial charge in [-0.25, -0.2) is 8.78 Å². The number of nitrogens with zero attached hydrogens (tertiary/aromatic N) is 1. The molecule has 4 heteroatoms. The molecule has 2 fully saturated rings. The maximum Gasteiger partial charge on any atom is 0.163 e. The predicted molar refractivity (Wildman–Crippen MR) is 80.1 cm³/mol. The first-order chi connectivity index (χ1) is 10.2. The quantitative estimate of drug-likeness (QED) is 0.914. The summed E-state index contributed by atoms with van der Waals surface area (Å²) < 4.78 is 27.5. The molecule has 1 aromatic rings. The molecule has 21 heavy (non-hydrogen) atoms. The van der Waals surface area contributed by atoms with E-state index in [4.69, 9.17) is 0 Å². The second-order valence-corrected chi connectivity index (χ2v) is 6.38. The van der Waals surface area contributed by atoms with Crippen molar-refractivity contribution >= 4 is 0 Å². The van der Waals surface area contributed by atoms with Crippen molar-refractivity contribution in [2.45, 2.75) is 44.2 Å². The van der Waals surface area contributed by atoms with Gasteiger partial charge in [-0.05, 0) is 51.3 Å². The van der Waals surface area contributed by atoms with Gasteiger partial charge in [-0.2, -0.15) is 0 Å². The van der Waals surface area contributed by atoms with Crippen molar-refractivity contribution in [2.75, 3.05) is 20.1 Å². The summed E-state index contributed by atoms with van der Waals surface area (Å²) in [6.45, 7) is 1.84. The van der Waals surface area contributed by atoms with Crippen molar-refractivity contribution in [2.24, 2.45) is 5.92 Å². The molecule has 1 aromatic carbocycles. The number of hydrogen-bond acceptors (Lipinski definition) is 2.